The lowest BCUT2D eigenvalue weighted by molar-refractivity contribution is -0.145. The molecule has 0 saturated carbocycles. The van der Waals surface area contributed by atoms with Crippen LogP contribution in [0.4, 0.5) is 0 Å². The maximum atomic E-state index is 13.4. The van der Waals surface area contributed by atoms with E-state index in [-0.39, 0.29) is 18.1 Å². The summed E-state index contributed by atoms with van der Waals surface area (Å²) in [7, 11) is 0. The Morgan fingerprint density at radius 3 is 2.02 bits per heavy atom. The minimum absolute atomic E-state index is 0.0845. The van der Waals surface area contributed by atoms with E-state index in [0.717, 1.165) is 11.1 Å². The molecule has 1 heterocycles. The maximum absolute atomic E-state index is 13.4. The molecule has 40 heavy (non-hydrogen) atoms. The summed E-state index contributed by atoms with van der Waals surface area (Å²) in [6, 6.07) is 31.7. The van der Waals surface area contributed by atoms with Crippen molar-refractivity contribution < 1.29 is 28.2 Å². The molecule has 0 N–H and O–H groups in total. The van der Waals surface area contributed by atoms with Crippen LogP contribution in [0.3, 0.4) is 0 Å². The van der Waals surface area contributed by atoms with Gasteiger partial charge in [0.25, 0.3) is 0 Å². The summed E-state index contributed by atoms with van der Waals surface area (Å²) >= 11 is 0. The summed E-state index contributed by atoms with van der Waals surface area (Å²) in [5, 5.41) is 0.341. The number of carbonyl (C=O) groups is 1. The monoisotopic (exact) mass is 536 g/mol. The van der Waals surface area contributed by atoms with Crippen molar-refractivity contribution in [3.63, 3.8) is 0 Å². The molecular formula is C33H28O7. The number of hydrogen-bond acceptors (Lipinski definition) is 7. The summed E-state index contributed by atoms with van der Waals surface area (Å²) in [6.45, 7) is 2.13. The van der Waals surface area contributed by atoms with Gasteiger partial charge in [-0.1, -0.05) is 72.8 Å². The van der Waals surface area contributed by atoms with E-state index in [1.807, 2.05) is 60.7 Å². The Kier molecular flexibility index (Phi) is 8.41. The van der Waals surface area contributed by atoms with Gasteiger partial charge in [0.2, 0.25) is 11.2 Å². The Morgan fingerprint density at radius 2 is 1.35 bits per heavy atom. The van der Waals surface area contributed by atoms with Gasteiger partial charge in [0, 0.05) is 5.56 Å². The number of esters is 1. The predicted molar refractivity (Wildman–Crippen MR) is 152 cm³/mol. The molecule has 0 aliphatic rings. The third kappa shape index (κ3) is 6.32. The lowest BCUT2D eigenvalue weighted by Gasteiger charge is -2.16. The highest BCUT2D eigenvalue weighted by Crippen LogP contribution is 2.37. The van der Waals surface area contributed by atoms with Crippen molar-refractivity contribution in [2.24, 2.45) is 0 Å². The second-order valence-electron chi connectivity index (χ2n) is 8.89. The Hall–Kier alpha value is -5.04. The van der Waals surface area contributed by atoms with Gasteiger partial charge in [-0.25, -0.2) is 4.79 Å². The molecule has 4 aromatic carbocycles. The zero-order valence-electron chi connectivity index (χ0n) is 22.0. The van der Waals surface area contributed by atoms with Crippen LogP contribution in [0.2, 0.25) is 0 Å². The van der Waals surface area contributed by atoms with Crippen molar-refractivity contribution in [3.8, 4) is 28.6 Å². The Labute approximate surface area is 231 Å². The number of rotatable bonds is 11. The molecule has 5 aromatic rings. The summed E-state index contributed by atoms with van der Waals surface area (Å²) in [5.41, 5.74) is 2.52. The largest absolute Gasteiger partial charge is 0.485 e. The van der Waals surface area contributed by atoms with Crippen LogP contribution in [0.25, 0.3) is 22.3 Å². The van der Waals surface area contributed by atoms with Crippen molar-refractivity contribution in [1.82, 2.24) is 0 Å². The highest BCUT2D eigenvalue weighted by molar-refractivity contribution is 5.82. The van der Waals surface area contributed by atoms with Crippen molar-refractivity contribution in [1.29, 1.82) is 0 Å². The third-order valence-corrected chi connectivity index (χ3v) is 6.08. The lowest BCUT2D eigenvalue weighted by atomic mass is 10.1. The second-order valence-corrected chi connectivity index (χ2v) is 8.89. The second kappa shape index (κ2) is 12.7. The van der Waals surface area contributed by atoms with Gasteiger partial charge in [0.1, 0.15) is 18.8 Å². The van der Waals surface area contributed by atoms with E-state index < -0.39 is 18.0 Å². The number of benzene rings is 4. The fourth-order valence-electron chi connectivity index (χ4n) is 4.13. The molecule has 0 amide bonds. The van der Waals surface area contributed by atoms with Crippen LogP contribution < -0.4 is 19.6 Å². The van der Waals surface area contributed by atoms with E-state index in [9.17, 15) is 9.59 Å². The quantitative estimate of drug-likeness (QED) is 0.177. The number of fused-ring (bicyclic) bond motifs is 1. The molecule has 0 bridgehead atoms. The topological polar surface area (TPSA) is 84.2 Å². The molecular weight excluding hydrogens is 508 g/mol. The maximum Gasteiger partial charge on any atom is 0.344 e. The molecule has 0 fully saturated rings. The van der Waals surface area contributed by atoms with Crippen LogP contribution in [-0.2, 0) is 22.7 Å². The molecule has 0 spiro atoms. The van der Waals surface area contributed by atoms with Gasteiger partial charge in [0.15, 0.2) is 23.9 Å². The molecule has 0 unspecified atom stereocenters. The predicted octanol–water partition coefficient (Wildman–Crippen LogP) is 6.56. The van der Waals surface area contributed by atoms with Crippen LogP contribution in [0.15, 0.2) is 112 Å². The van der Waals surface area contributed by atoms with E-state index in [1.165, 1.54) is 0 Å². The number of carbonyl (C=O) groups excluding carboxylic acids is 1. The zero-order chi connectivity index (χ0) is 27.7. The average molecular weight is 537 g/mol. The van der Waals surface area contributed by atoms with Gasteiger partial charge < -0.3 is 23.4 Å². The van der Waals surface area contributed by atoms with Gasteiger partial charge in [0.05, 0.1) is 12.0 Å². The first-order valence-corrected chi connectivity index (χ1v) is 12.9. The van der Waals surface area contributed by atoms with E-state index in [1.54, 1.807) is 49.4 Å². The van der Waals surface area contributed by atoms with Crippen LogP contribution in [-0.4, -0.2) is 19.2 Å². The molecule has 7 heteroatoms. The summed E-state index contributed by atoms with van der Waals surface area (Å²) in [4.78, 5) is 25.5. The number of para-hydroxylation sites is 1. The normalized spacial score (nSPS) is 10.7. The van der Waals surface area contributed by atoms with E-state index in [0.29, 0.717) is 41.2 Å². The highest BCUT2D eigenvalue weighted by atomic mass is 16.6. The SMILES string of the molecule is CCOC(=O)COc1c(-c2ccc(OCc3ccccc3)c(OCc3ccccc3)c2)oc2ccccc2c1=O. The minimum atomic E-state index is -0.586. The molecule has 5 rings (SSSR count). The van der Waals surface area contributed by atoms with E-state index in [2.05, 4.69) is 0 Å². The van der Waals surface area contributed by atoms with Crippen molar-refractivity contribution >= 4 is 16.9 Å². The molecule has 0 atom stereocenters. The highest BCUT2D eigenvalue weighted by Gasteiger charge is 2.21. The molecule has 0 saturated heterocycles. The Balaban J connectivity index is 1.54. The van der Waals surface area contributed by atoms with Crippen LogP contribution in [0.1, 0.15) is 18.1 Å². The van der Waals surface area contributed by atoms with Crippen molar-refractivity contribution in [2.45, 2.75) is 20.1 Å². The van der Waals surface area contributed by atoms with Gasteiger partial charge in [-0.15, -0.1) is 0 Å². The minimum Gasteiger partial charge on any atom is -0.485 e. The number of ether oxygens (including phenoxy) is 4. The zero-order valence-corrected chi connectivity index (χ0v) is 22.0. The molecule has 7 nitrogen and oxygen atoms in total. The van der Waals surface area contributed by atoms with Gasteiger partial charge >= 0.3 is 5.97 Å². The van der Waals surface area contributed by atoms with Gasteiger partial charge in [-0.2, -0.15) is 0 Å². The van der Waals surface area contributed by atoms with E-state index >= 15 is 0 Å². The van der Waals surface area contributed by atoms with Crippen LogP contribution in [0, 0.1) is 0 Å². The smallest absolute Gasteiger partial charge is 0.344 e. The number of hydrogen-bond donors (Lipinski definition) is 0. The first-order valence-electron chi connectivity index (χ1n) is 12.9. The Morgan fingerprint density at radius 1 is 0.725 bits per heavy atom. The van der Waals surface area contributed by atoms with Gasteiger partial charge in [-0.3, -0.25) is 4.79 Å². The van der Waals surface area contributed by atoms with Crippen molar-refractivity contribution in [3.05, 3.63) is 124 Å². The Bertz CT molecular complexity index is 1640. The first-order chi connectivity index (χ1) is 19.6. The third-order valence-electron chi connectivity index (χ3n) is 6.08. The molecule has 1 aromatic heterocycles. The van der Waals surface area contributed by atoms with Crippen LogP contribution >= 0.6 is 0 Å². The summed E-state index contributed by atoms with van der Waals surface area (Å²) < 4.78 is 29.2. The van der Waals surface area contributed by atoms with E-state index in [4.69, 9.17) is 23.4 Å². The molecule has 0 radical (unpaired) electrons. The van der Waals surface area contributed by atoms with Gasteiger partial charge in [-0.05, 0) is 48.4 Å². The van der Waals surface area contributed by atoms with Crippen LogP contribution in [0.5, 0.6) is 17.2 Å². The molecule has 0 aliphatic carbocycles. The van der Waals surface area contributed by atoms with Crippen molar-refractivity contribution in [2.75, 3.05) is 13.2 Å². The standard InChI is InChI=1S/C33H28O7/c1-2-36-30(34)22-39-33-31(35)26-15-9-10-16-27(26)40-32(33)25-17-18-28(37-20-23-11-5-3-6-12-23)29(19-25)38-21-24-13-7-4-8-14-24/h3-19H,2,20-22H2,1H3. The summed E-state index contributed by atoms with van der Waals surface area (Å²) in [5.74, 6) is 0.494. The lowest BCUT2D eigenvalue weighted by Crippen LogP contribution is -2.18. The average Bonchev–Trinajstić information content (AvgIpc) is 3.00. The summed E-state index contributed by atoms with van der Waals surface area (Å²) in [6.07, 6.45) is 0. The molecule has 202 valence electrons. The molecule has 0 aliphatic heterocycles. The first kappa shape index (κ1) is 26.6. The fourth-order valence-corrected chi connectivity index (χ4v) is 4.13. The fraction of sp³-hybridized carbons (Fsp3) is 0.152.